The fraction of sp³-hybridized carbons (Fsp3) is 0.700. The van der Waals surface area contributed by atoms with E-state index < -0.39 is 0 Å². The third kappa shape index (κ3) is 2.23. The smallest absolute Gasteiger partial charge is 0.242 e. The van der Waals surface area contributed by atoms with Crippen molar-refractivity contribution in [3.8, 4) is 0 Å². The zero-order chi connectivity index (χ0) is 10.9. The van der Waals surface area contributed by atoms with E-state index in [2.05, 4.69) is 20.5 Å². The predicted octanol–water partition coefficient (Wildman–Crippen LogP) is 0.673. The standard InChI is InChI=1S/C10H16N4O/c1-7-8(2)13-14-9(12-7)11-5-10(6-15)3-4-10/h15H,3-6H2,1-2H3,(H,11,12,14). The van der Waals surface area contributed by atoms with Gasteiger partial charge in [0.05, 0.1) is 18.0 Å². The molecule has 1 aromatic rings. The topological polar surface area (TPSA) is 70.9 Å². The van der Waals surface area contributed by atoms with Crippen LogP contribution in [-0.2, 0) is 0 Å². The van der Waals surface area contributed by atoms with Gasteiger partial charge in [0.25, 0.3) is 0 Å². The third-order valence-corrected chi connectivity index (χ3v) is 3.01. The number of hydrogen-bond acceptors (Lipinski definition) is 5. The van der Waals surface area contributed by atoms with Crippen molar-refractivity contribution in [2.24, 2.45) is 5.41 Å². The molecule has 0 aliphatic heterocycles. The van der Waals surface area contributed by atoms with Crippen LogP contribution in [0, 0.1) is 19.3 Å². The summed E-state index contributed by atoms with van der Waals surface area (Å²) in [5.74, 6) is 0.554. The SMILES string of the molecule is Cc1nnc(NCC2(CO)CC2)nc1C. The highest BCUT2D eigenvalue weighted by Crippen LogP contribution is 2.44. The van der Waals surface area contributed by atoms with Crippen LogP contribution in [-0.4, -0.2) is 33.4 Å². The lowest BCUT2D eigenvalue weighted by molar-refractivity contribution is 0.219. The van der Waals surface area contributed by atoms with Gasteiger partial charge in [-0.1, -0.05) is 0 Å². The second-order valence-electron chi connectivity index (χ2n) is 4.32. The summed E-state index contributed by atoms with van der Waals surface area (Å²) < 4.78 is 0. The van der Waals surface area contributed by atoms with Crippen LogP contribution >= 0.6 is 0 Å². The Hall–Kier alpha value is -1.23. The summed E-state index contributed by atoms with van der Waals surface area (Å²) >= 11 is 0. The molecular formula is C10H16N4O. The molecule has 82 valence electrons. The molecule has 1 aliphatic rings. The van der Waals surface area contributed by atoms with Gasteiger partial charge < -0.3 is 10.4 Å². The number of nitrogens with one attached hydrogen (secondary N) is 1. The molecule has 2 N–H and O–H groups in total. The summed E-state index contributed by atoms with van der Waals surface area (Å²) in [5, 5.41) is 20.2. The van der Waals surface area contributed by atoms with Crippen molar-refractivity contribution >= 4 is 5.95 Å². The first-order chi connectivity index (χ1) is 7.15. The molecule has 5 nitrogen and oxygen atoms in total. The van der Waals surface area contributed by atoms with Gasteiger partial charge in [0.1, 0.15) is 0 Å². The molecule has 1 heterocycles. The summed E-state index contributed by atoms with van der Waals surface area (Å²) in [6, 6.07) is 0. The molecule has 0 amide bonds. The molecule has 1 fully saturated rings. The van der Waals surface area contributed by atoms with Gasteiger partial charge in [0.15, 0.2) is 0 Å². The quantitative estimate of drug-likeness (QED) is 0.761. The predicted molar refractivity (Wildman–Crippen MR) is 56.5 cm³/mol. The molecule has 2 rings (SSSR count). The Balaban J connectivity index is 1.96. The number of aliphatic hydroxyl groups excluding tert-OH is 1. The molecule has 0 radical (unpaired) electrons. The minimum absolute atomic E-state index is 0.0716. The van der Waals surface area contributed by atoms with E-state index in [-0.39, 0.29) is 12.0 Å². The van der Waals surface area contributed by atoms with Crippen LogP contribution < -0.4 is 5.32 Å². The van der Waals surface area contributed by atoms with Gasteiger partial charge in [-0.2, -0.15) is 5.10 Å². The van der Waals surface area contributed by atoms with Crippen molar-refractivity contribution in [3.05, 3.63) is 11.4 Å². The van der Waals surface area contributed by atoms with Crippen molar-refractivity contribution in [1.82, 2.24) is 15.2 Å². The van der Waals surface area contributed by atoms with Crippen LogP contribution in [0.25, 0.3) is 0 Å². The monoisotopic (exact) mass is 208 g/mol. The van der Waals surface area contributed by atoms with E-state index in [0.717, 1.165) is 30.8 Å². The van der Waals surface area contributed by atoms with E-state index in [1.807, 2.05) is 13.8 Å². The van der Waals surface area contributed by atoms with Gasteiger partial charge in [-0.05, 0) is 26.7 Å². The Morgan fingerprint density at radius 1 is 1.27 bits per heavy atom. The maximum Gasteiger partial charge on any atom is 0.242 e. The summed E-state index contributed by atoms with van der Waals surface area (Å²) in [5.41, 5.74) is 1.81. The molecule has 15 heavy (non-hydrogen) atoms. The number of nitrogens with zero attached hydrogens (tertiary/aromatic N) is 3. The molecule has 0 saturated heterocycles. The van der Waals surface area contributed by atoms with E-state index in [0.29, 0.717) is 5.95 Å². The molecule has 0 unspecified atom stereocenters. The van der Waals surface area contributed by atoms with Gasteiger partial charge in [-0.3, -0.25) is 0 Å². The summed E-state index contributed by atoms with van der Waals surface area (Å²) in [7, 11) is 0. The Bertz CT molecular complexity index is 362. The van der Waals surface area contributed by atoms with E-state index in [1.165, 1.54) is 0 Å². The molecule has 1 aliphatic carbocycles. The first kappa shape index (κ1) is 10.3. The number of aryl methyl sites for hydroxylation is 2. The van der Waals surface area contributed by atoms with Gasteiger partial charge in [-0.15, -0.1) is 5.10 Å². The molecule has 0 atom stereocenters. The first-order valence-electron chi connectivity index (χ1n) is 5.18. The maximum absolute atomic E-state index is 9.14. The zero-order valence-corrected chi connectivity index (χ0v) is 9.12. The van der Waals surface area contributed by atoms with Crippen molar-refractivity contribution in [2.75, 3.05) is 18.5 Å². The van der Waals surface area contributed by atoms with Gasteiger partial charge >= 0.3 is 0 Å². The minimum Gasteiger partial charge on any atom is -0.396 e. The fourth-order valence-corrected chi connectivity index (χ4v) is 1.37. The van der Waals surface area contributed by atoms with E-state index in [4.69, 9.17) is 5.11 Å². The van der Waals surface area contributed by atoms with Gasteiger partial charge in [0.2, 0.25) is 5.95 Å². The second kappa shape index (κ2) is 3.73. The van der Waals surface area contributed by atoms with Crippen molar-refractivity contribution in [2.45, 2.75) is 26.7 Å². The maximum atomic E-state index is 9.14. The van der Waals surface area contributed by atoms with Crippen molar-refractivity contribution in [3.63, 3.8) is 0 Å². The molecule has 0 bridgehead atoms. The average Bonchev–Trinajstić information content (AvgIpc) is 3.01. The van der Waals surface area contributed by atoms with Crippen LogP contribution in [0.15, 0.2) is 0 Å². The number of aromatic nitrogens is 3. The lowest BCUT2D eigenvalue weighted by atomic mass is 10.1. The number of rotatable bonds is 4. The Morgan fingerprint density at radius 2 is 2.00 bits per heavy atom. The number of anilines is 1. The van der Waals surface area contributed by atoms with Gasteiger partial charge in [0, 0.05) is 12.0 Å². The highest BCUT2D eigenvalue weighted by atomic mass is 16.3. The highest BCUT2D eigenvalue weighted by Gasteiger charge is 2.41. The molecule has 1 aromatic heterocycles. The van der Waals surface area contributed by atoms with Crippen LogP contribution in [0.4, 0.5) is 5.95 Å². The molecular weight excluding hydrogens is 192 g/mol. The average molecular weight is 208 g/mol. The molecule has 0 aromatic carbocycles. The summed E-state index contributed by atoms with van der Waals surface area (Å²) in [4.78, 5) is 4.27. The van der Waals surface area contributed by atoms with Crippen LogP contribution in [0.3, 0.4) is 0 Å². The minimum atomic E-state index is 0.0716. The second-order valence-corrected chi connectivity index (χ2v) is 4.32. The van der Waals surface area contributed by atoms with Crippen LogP contribution in [0.5, 0.6) is 0 Å². The van der Waals surface area contributed by atoms with Crippen LogP contribution in [0.1, 0.15) is 24.2 Å². The zero-order valence-electron chi connectivity index (χ0n) is 9.12. The van der Waals surface area contributed by atoms with Gasteiger partial charge in [-0.25, -0.2) is 4.98 Å². The molecule has 1 saturated carbocycles. The fourth-order valence-electron chi connectivity index (χ4n) is 1.37. The highest BCUT2D eigenvalue weighted by molar-refractivity contribution is 5.26. The lowest BCUT2D eigenvalue weighted by Gasteiger charge is -2.12. The van der Waals surface area contributed by atoms with E-state index in [1.54, 1.807) is 0 Å². The van der Waals surface area contributed by atoms with E-state index in [9.17, 15) is 0 Å². The molecule has 5 heteroatoms. The normalized spacial score (nSPS) is 17.5. The van der Waals surface area contributed by atoms with Crippen LogP contribution in [0.2, 0.25) is 0 Å². The van der Waals surface area contributed by atoms with Crippen molar-refractivity contribution < 1.29 is 5.11 Å². The molecule has 0 spiro atoms. The Kier molecular flexibility index (Phi) is 2.56. The Morgan fingerprint density at radius 3 is 2.53 bits per heavy atom. The number of hydrogen-bond donors (Lipinski definition) is 2. The lowest BCUT2D eigenvalue weighted by Crippen LogP contribution is -2.20. The largest absolute Gasteiger partial charge is 0.396 e. The van der Waals surface area contributed by atoms with Crippen molar-refractivity contribution in [1.29, 1.82) is 0 Å². The third-order valence-electron chi connectivity index (χ3n) is 3.01. The Labute approximate surface area is 89.0 Å². The summed E-state index contributed by atoms with van der Waals surface area (Å²) in [6.45, 7) is 4.76. The summed E-state index contributed by atoms with van der Waals surface area (Å²) in [6.07, 6.45) is 2.16. The first-order valence-corrected chi connectivity index (χ1v) is 5.18. The van der Waals surface area contributed by atoms with E-state index >= 15 is 0 Å². The number of aliphatic hydroxyl groups is 1.